The average Bonchev–Trinajstić information content (AvgIpc) is 2.87. The summed E-state index contributed by atoms with van der Waals surface area (Å²) < 4.78 is 13.8. The van der Waals surface area contributed by atoms with Gasteiger partial charge in [0.25, 0.3) is 0 Å². The molecular formula is C14H18N4O3S. The van der Waals surface area contributed by atoms with Gasteiger partial charge < -0.3 is 5.11 Å². The number of aromatic nitrogens is 4. The molecule has 22 heavy (non-hydrogen) atoms. The van der Waals surface area contributed by atoms with E-state index in [1.165, 1.54) is 4.68 Å². The van der Waals surface area contributed by atoms with Crippen molar-refractivity contribution in [2.24, 2.45) is 0 Å². The summed E-state index contributed by atoms with van der Waals surface area (Å²) in [6.45, 7) is 5.58. The molecule has 1 N–H and O–H groups in total. The maximum atomic E-state index is 12.3. The van der Waals surface area contributed by atoms with Crippen LogP contribution >= 0.6 is 0 Å². The molecule has 1 heterocycles. The smallest absolute Gasteiger partial charge is 0.319 e. The molecule has 2 aromatic rings. The number of hydrogen-bond donors (Lipinski definition) is 1. The maximum Gasteiger partial charge on any atom is 0.319 e. The molecule has 2 atom stereocenters. The second-order valence-electron chi connectivity index (χ2n) is 5.01. The Balaban J connectivity index is 2.35. The van der Waals surface area contributed by atoms with E-state index >= 15 is 0 Å². The van der Waals surface area contributed by atoms with E-state index in [1.807, 2.05) is 32.0 Å². The number of aryl methyl sites for hydroxylation is 2. The van der Waals surface area contributed by atoms with Gasteiger partial charge in [0.15, 0.2) is 5.82 Å². The van der Waals surface area contributed by atoms with E-state index in [2.05, 4.69) is 15.5 Å². The summed E-state index contributed by atoms with van der Waals surface area (Å²) in [7, 11) is -1.58. The maximum absolute atomic E-state index is 12.3. The normalized spacial score (nSPS) is 13.8. The minimum Gasteiger partial charge on any atom is -0.480 e. The number of tetrazole rings is 1. The van der Waals surface area contributed by atoms with Crippen molar-refractivity contribution in [1.82, 2.24) is 20.2 Å². The van der Waals surface area contributed by atoms with Crippen LogP contribution < -0.4 is 0 Å². The van der Waals surface area contributed by atoms with E-state index < -0.39 is 22.0 Å². The van der Waals surface area contributed by atoms with E-state index in [9.17, 15) is 9.00 Å². The molecule has 0 aliphatic carbocycles. The number of carbonyl (C=O) groups is 1. The minimum absolute atomic E-state index is 0.00554. The van der Waals surface area contributed by atoms with Gasteiger partial charge >= 0.3 is 5.97 Å². The number of hydrogen-bond acceptors (Lipinski definition) is 5. The fraction of sp³-hybridized carbons (Fsp3) is 0.429. The number of nitrogens with zero attached hydrogens (tertiary/aromatic N) is 4. The first kappa shape index (κ1) is 16.3. The molecule has 0 amide bonds. The zero-order valence-electron chi connectivity index (χ0n) is 12.7. The summed E-state index contributed by atoms with van der Waals surface area (Å²) >= 11 is 0. The number of carboxylic acid groups (broad SMARTS) is 1. The highest BCUT2D eigenvalue weighted by atomic mass is 32.2. The first-order valence-corrected chi connectivity index (χ1v) is 8.27. The lowest BCUT2D eigenvalue weighted by Crippen LogP contribution is -2.26. The van der Waals surface area contributed by atoms with Gasteiger partial charge in [-0.1, -0.05) is 25.1 Å². The highest BCUT2D eigenvalue weighted by Gasteiger charge is 2.25. The molecule has 0 saturated carbocycles. The lowest BCUT2D eigenvalue weighted by atomic mass is 10.1. The highest BCUT2D eigenvalue weighted by molar-refractivity contribution is 7.85. The molecule has 2 unspecified atom stereocenters. The van der Waals surface area contributed by atoms with Crippen LogP contribution in [-0.4, -0.2) is 40.7 Å². The summed E-state index contributed by atoms with van der Waals surface area (Å²) in [5.74, 6) is -0.659. The van der Waals surface area contributed by atoms with Crippen molar-refractivity contribution in [2.45, 2.75) is 38.2 Å². The van der Waals surface area contributed by atoms with Gasteiger partial charge in [0.05, 0.1) is 11.4 Å². The second kappa shape index (κ2) is 6.78. The Hall–Kier alpha value is -2.09. The van der Waals surface area contributed by atoms with Crippen LogP contribution in [0.4, 0.5) is 0 Å². The summed E-state index contributed by atoms with van der Waals surface area (Å²) in [4.78, 5) is 11.1. The zero-order valence-corrected chi connectivity index (χ0v) is 13.5. The molecule has 0 saturated heterocycles. The van der Waals surface area contributed by atoms with Crippen LogP contribution in [0, 0.1) is 13.8 Å². The molecule has 8 heteroatoms. The molecule has 1 aromatic heterocycles. The van der Waals surface area contributed by atoms with Crippen LogP contribution in [0.2, 0.25) is 0 Å². The van der Waals surface area contributed by atoms with E-state index in [-0.39, 0.29) is 5.75 Å². The van der Waals surface area contributed by atoms with Gasteiger partial charge in [-0.05, 0) is 41.8 Å². The third-order valence-electron chi connectivity index (χ3n) is 3.42. The zero-order chi connectivity index (χ0) is 16.3. The Kier molecular flexibility index (Phi) is 5.02. The molecule has 118 valence electrons. The molecule has 7 nitrogen and oxygen atoms in total. The predicted octanol–water partition coefficient (Wildman–Crippen LogP) is 1.39. The van der Waals surface area contributed by atoms with Crippen molar-refractivity contribution < 1.29 is 14.1 Å². The third-order valence-corrected chi connectivity index (χ3v) is 5.13. The van der Waals surface area contributed by atoms with Crippen LogP contribution in [0.15, 0.2) is 18.2 Å². The Bertz CT molecular complexity index is 694. The minimum atomic E-state index is -1.58. The molecule has 0 bridgehead atoms. The number of para-hydroxylation sites is 1. The number of carboxylic acids is 1. The summed E-state index contributed by atoms with van der Waals surface area (Å²) in [6.07, 6.45) is 0.299. The fourth-order valence-electron chi connectivity index (χ4n) is 2.31. The Morgan fingerprint density at radius 3 is 2.55 bits per heavy atom. The van der Waals surface area contributed by atoms with Crippen molar-refractivity contribution in [3.05, 3.63) is 35.2 Å². The van der Waals surface area contributed by atoms with Gasteiger partial charge in [-0.25, -0.2) is 0 Å². The lowest BCUT2D eigenvalue weighted by Gasteiger charge is -2.12. The molecule has 1 aromatic carbocycles. The highest BCUT2D eigenvalue weighted by Crippen LogP contribution is 2.19. The van der Waals surface area contributed by atoms with E-state index in [1.54, 1.807) is 6.92 Å². The van der Waals surface area contributed by atoms with Gasteiger partial charge in [-0.15, -0.1) is 5.10 Å². The summed E-state index contributed by atoms with van der Waals surface area (Å²) in [6, 6.07) is 5.82. The number of rotatable bonds is 6. The van der Waals surface area contributed by atoms with Crippen molar-refractivity contribution in [1.29, 1.82) is 0 Å². The SMILES string of the molecule is CCC(C(=O)O)S(=O)Cc1nnnn1-c1c(C)cccc1C. The van der Waals surface area contributed by atoms with E-state index in [0.29, 0.717) is 12.2 Å². The van der Waals surface area contributed by atoms with Crippen LogP contribution in [0.1, 0.15) is 30.3 Å². The van der Waals surface area contributed by atoms with Crippen molar-refractivity contribution in [2.75, 3.05) is 0 Å². The van der Waals surface area contributed by atoms with Gasteiger partial charge in [-0.3, -0.25) is 9.00 Å². The van der Waals surface area contributed by atoms with Crippen LogP contribution in [0.25, 0.3) is 5.69 Å². The molecular weight excluding hydrogens is 304 g/mol. The van der Waals surface area contributed by atoms with Gasteiger partial charge in [0.1, 0.15) is 5.25 Å². The van der Waals surface area contributed by atoms with Crippen LogP contribution in [0.3, 0.4) is 0 Å². The second-order valence-corrected chi connectivity index (χ2v) is 6.63. The molecule has 0 radical (unpaired) electrons. The number of aliphatic carboxylic acids is 1. The van der Waals surface area contributed by atoms with E-state index in [0.717, 1.165) is 16.8 Å². The van der Waals surface area contributed by atoms with Gasteiger partial charge in [-0.2, -0.15) is 4.68 Å². The topological polar surface area (TPSA) is 98.0 Å². The molecule has 0 fully saturated rings. The van der Waals surface area contributed by atoms with Crippen LogP contribution in [0.5, 0.6) is 0 Å². The Morgan fingerprint density at radius 1 is 1.36 bits per heavy atom. The van der Waals surface area contributed by atoms with Crippen molar-refractivity contribution in [3.63, 3.8) is 0 Å². The Morgan fingerprint density at radius 2 is 2.00 bits per heavy atom. The monoisotopic (exact) mass is 322 g/mol. The first-order chi connectivity index (χ1) is 10.5. The van der Waals surface area contributed by atoms with Gasteiger partial charge in [0.2, 0.25) is 0 Å². The standard InChI is InChI=1S/C14H18N4O3S/c1-4-11(14(19)20)22(21)8-12-15-16-17-18(12)13-9(2)6-5-7-10(13)3/h5-7,11H,4,8H2,1-3H3,(H,19,20). The van der Waals surface area contributed by atoms with Gasteiger partial charge in [0, 0.05) is 10.8 Å². The average molecular weight is 322 g/mol. The molecule has 2 rings (SSSR count). The fourth-order valence-corrected chi connectivity index (χ4v) is 3.54. The third kappa shape index (κ3) is 3.22. The summed E-state index contributed by atoms with van der Waals surface area (Å²) in [5.41, 5.74) is 2.82. The molecule has 0 spiro atoms. The molecule has 0 aliphatic heterocycles. The summed E-state index contributed by atoms with van der Waals surface area (Å²) in [5, 5.41) is 19.7. The van der Waals surface area contributed by atoms with Crippen molar-refractivity contribution >= 4 is 16.8 Å². The van der Waals surface area contributed by atoms with Crippen LogP contribution in [-0.2, 0) is 21.3 Å². The predicted molar refractivity (Wildman–Crippen MR) is 82.2 cm³/mol. The molecule has 0 aliphatic rings. The first-order valence-electron chi connectivity index (χ1n) is 6.89. The lowest BCUT2D eigenvalue weighted by molar-refractivity contribution is -0.136. The quantitative estimate of drug-likeness (QED) is 0.863. The largest absolute Gasteiger partial charge is 0.480 e. The van der Waals surface area contributed by atoms with E-state index in [4.69, 9.17) is 5.11 Å². The van der Waals surface area contributed by atoms with Crippen molar-refractivity contribution in [3.8, 4) is 5.69 Å². The Labute approximate surface area is 130 Å². The number of benzene rings is 1.